The Bertz CT molecular complexity index is 1190. The van der Waals surface area contributed by atoms with Gasteiger partial charge in [-0.25, -0.2) is 9.18 Å². The summed E-state index contributed by atoms with van der Waals surface area (Å²) < 4.78 is 14.1. The molecule has 3 heterocycles. The van der Waals surface area contributed by atoms with E-state index in [9.17, 15) is 19.1 Å². The number of para-hydroxylation sites is 2. The first-order chi connectivity index (χ1) is 16.1. The van der Waals surface area contributed by atoms with Gasteiger partial charge in [0.15, 0.2) is 0 Å². The number of carbonyl (C=O) groups excluding carboxylic acids is 2. The zero-order valence-corrected chi connectivity index (χ0v) is 17.8. The van der Waals surface area contributed by atoms with Crippen molar-refractivity contribution < 1.29 is 19.1 Å². The van der Waals surface area contributed by atoms with E-state index < -0.39 is 11.8 Å². The molecule has 2 aromatic carbocycles. The van der Waals surface area contributed by atoms with Gasteiger partial charge in [-0.15, -0.1) is 0 Å². The van der Waals surface area contributed by atoms with Gasteiger partial charge in [-0.1, -0.05) is 36.4 Å². The summed E-state index contributed by atoms with van der Waals surface area (Å²) in [6.45, 7) is 0.0763. The minimum absolute atomic E-state index is 0.0819. The zero-order chi connectivity index (χ0) is 22.9. The second kappa shape index (κ2) is 8.63. The molecule has 1 saturated heterocycles. The van der Waals surface area contributed by atoms with E-state index in [2.05, 4.69) is 10.3 Å². The lowest BCUT2D eigenvalue weighted by Crippen LogP contribution is -2.71. The van der Waals surface area contributed by atoms with Crippen LogP contribution in [0.4, 0.5) is 20.6 Å². The summed E-state index contributed by atoms with van der Waals surface area (Å²) in [6.07, 6.45) is 3.46. The number of amides is 3. The Morgan fingerprint density at radius 1 is 1.09 bits per heavy atom. The lowest BCUT2D eigenvalue weighted by molar-refractivity contribution is -0.149. The van der Waals surface area contributed by atoms with E-state index in [0.29, 0.717) is 5.69 Å². The molecule has 3 amide bonds. The van der Waals surface area contributed by atoms with Crippen LogP contribution in [0, 0.1) is 5.82 Å². The van der Waals surface area contributed by atoms with Crippen LogP contribution in [0.25, 0.3) is 0 Å². The Balaban J connectivity index is 1.43. The molecular weight excluding hydrogens is 423 g/mol. The summed E-state index contributed by atoms with van der Waals surface area (Å²) in [5.41, 5.74) is 2.47. The highest BCUT2D eigenvalue weighted by molar-refractivity contribution is 6.03. The number of pyridine rings is 1. The van der Waals surface area contributed by atoms with Gasteiger partial charge in [0.25, 0.3) is 0 Å². The first-order valence-corrected chi connectivity index (χ1v) is 10.8. The van der Waals surface area contributed by atoms with Gasteiger partial charge in [0, 0.05) is 30.5 Å². The molecule has 1 aromatic heterocycles. The minimum atomic E-state index is -0.522. The molecule has 3 aromatic rings. The molecular formula is C25H23FN4O3. The van der Waals surface area contributed by atoms with Gasteiger partial charge in [0.1, 0.15) is 5.82 Å². The van der Waals surface area contributed by atoms with Crippen molar-refractivity contribution in [3.63, 3.8) is 0 Å². The number of halogens is 1. The Morgan fingerprint density at radius 2 is 1.88 bits per heavy atom. The molecule has 168 valence electrons. The Labute approximate surface area is 190 Å². The van der Waals surface area contributed by atoms with Crippen LogP contribution in [0.15, 0.2) is 73.1 Å². The number of nitrogens with one attached hydrogen (secondary N) is 1. The first-order valence-electron chi connectivity index (χ1n) is 10.8. The predicted octanol–water partition coefficient (Wildman–Crippen LogP) is 3.17. The van der Waals surface area contributed by atoms with E-state index in [-0.39, 0.29) is 49.2 Å². The van der Waals surface area contributed by atoms with Gasteiger partial charge in [0.05, 0.1) is 30.8 Å². The van der Waals surface area contributed by atoms with E-state index in [4.69, 9.17) is 0 Å². The summed E-state index contributed by atoms with van der Waals surface area (Å²) in [5, 5.41) is 12.7. The van der Waals surface area contributed by atoms with Crippen LogP contribution in [0.2, 0.25) is 0 Å². The number of hydrogen-bond acceptors (Lipinski definition) is 4. The predicted molar refractivity (Wildman–Crippen MR) is 121 cm³/mol. The molecule has 2 aliphatic rings. The van der Waals surface area contributed by atoms with E-state index in [0.717, 1.165) is 11.1 Å². The second-order valence-electron chi connectivity index (χ2n) is 8.26. The standard InChI is InChI=1S/C25H23FN4O3/c26-18-8-2-3-9-19(18)28-25(33)29-14-21-24(17-7-1-4-10-20(17)29)22(15-31)30(21)23(32)12-16-6-5-11-27-13-16/h1-11,13,21-22,24,31H,12,14-15H2,(H,28,33)/t21-,22-,24+/m0/s1. The van der Waals surface area contributed by atoms with Gasteiger partial charge in [0.2, 0.25) is 5.91 Å². The number of nitrogens with zero attached hydrogens (tertiary/aromatic N) is 3. The molecule has 2 aliphatic heterocycles. The number of carbonyl (C=O) groups is 2. The number of aromatic nitrogens is 1. The molecule has 0 unspecified atom stereocenters. The number of fused-ring (bicyclic) bond motifs is 3. The van der Waals surface area contributed by atoms with Gasteiger partial charge in [-0.3, -0.25) is 14.7 Å². The van der Waals surface area contributed by atoms with Crippen molar-refractivity contribution in [2.45, 2.75) is 24.4 Å². The number of benzene rings is 2. The maximum absolute atomic E-state index is 14.1. The van der Waals surface area contributed by atoms with Crippen molar-refractivity contribution in [3.05, 3.63) is 90.0 Å². The van der Waals surface area contributed by atoms with Crippen LogP contribution in [-0.2, 0) is 11.2 Å². The fourth-order valence-electron chi connectivity index (χ4n) is 4.94. The highest BCUT2D eigenvalue weighted by Gasteiger charge is 2.55. The Kier molecular flexibility index (Phi) is 5.51. The van der Waals surface area contributed by atoms with Crippen molar-refractivity contribution in [2.24, 2.45) is 0 Å². The molecule has 0 bridgehead atoms. The lowest BCUT2D eigenvalue weighted by Gasteiger charge is -2.58. The minimum Gasteiger partial charge on any atom is -0.394 e. The highest BCUT2D eigenvalue weighted by Crippen LogP contribution is 2.48. The third-order valence-corrected chi connectivity index (χ3v) is 6.41. The van der Waals surface area contributed by atoms with Crippen LogP contribution in [0.5, 0.6) is 0 Å². The van der Waals surface area contributed by atoms with Crippen molar-refractivity contribution in [3.8, 4) is 0 Å². The number of hydrogen-bond donors (Lipinski definition) is 2. The van der Waals surface area contributed by atoms with Crippen molar-refractivity contribution in [1.82, 2.24) is 9.88 Å². The zero-order valence-electron chi connectivity index (χ0n) is 17.8. The van der Waals surface area contributed by atoms with E-state index in [1.54, 1.807) is 40.4 Å². The van der Waals surface area contributed by atoms with Crippen LogP contribution in [0.3, 0.4) is 0 Å². The number of urea groups is 1. The van der Waals surface area contributed by atoms with Crippen molar-refractivity contribution >= 4 is 23.3 Å². The molecule has 0 aliphatic carbocycles. The number of rotatable bonds is 4. The molecule has 2 N–H and O–H groups in total. The summed E-state index contributed by atoms with van der Waals surface area (Å²) in [6, 6.07) is 15.9. The van der Waals surface area contributed by atoms with E-state index in [1.807, 2.05) is 30.3 Å². The van der Waals surface area contributed by atoms with Crippen LogP contribution in [0.1, 0.15) is 17.0 Å². The number of likely N-dealkylation sites (tertiary alicyclic amines) is 1. The smallest absolute Gasteiger partial charge is 0.326 e. The van der Waals surface area contributed by atoms with Gasteiger partial charge in [-0.2, -0.15) is 0 Å². The largest absolute Gasteiger partial charge is 0.394 e. The third-order valence-electron chi connectivity index (χ3n) is 6.41. The maximum atomic E-state index is 14.1. The topological polar surface area (TPSA) is 85.8 Å². The van der Waals surface area contributed by atoms with Gasteiger partial charge < -0.3 is 15.3 Å². The van der Waals surface area contributed by atoms with Crippen LogP contribution < -0.4 is 10.2 Å². The van der Waals surface area contributed by atoms with Crippen molar-refractivity contribution in [2.75, 3.05) is 23.4 Å². The normalized spacial score (nSPS) is 21.0. The summed E-state index contributed by atoms with van der Waals surface area (Å²) in [7, 11) is 0. The molecule has 0 radical (unpaired) electrons. The van der Waals surface area contributed by atoms with E-state index in [1.165, 1.54) is 12.1 Å². The SMILES string of the molecule is O=C(Nc1ccccc1F)N1C[C@H]2[C@@H](c3ccccc31)[C@H](CO)N2C(=O)Cc1cccnc1. The second-order valence-corrected chi connectivity index (χ2v) is 8.26. The lowest BCUT2D eigenvalue weighted by atomic mass is 9.71. The van der Waals surface area contributed by atoms with Gasteiger partial charge in [-0.05, 0) is 35.4 Å². The quantitative estimate of drug-likeness (QED) is 0.645. The van der Waals surface area contributed by atoms with Crippen LogP contribution >= 0.6 is 0 Å². The monoisotopic (exact) mass is 446 g/mol. The highest BCUT2D eigenvalue weighted by atomic mass is 19.1. The molecule has 33 heavy (non-hydrogen) atoms. The maximum Gasteiger partial charge on any atom is 0.326 e. The van der Waals surface area contributed by atoms with Crippen molar-refractivity contribution in [1.29, 1.82) is 0 Å². The molecule has 5 rings (SSSR count). The average Bonchev–Trinajstić information content (AvgIpc) is 2.81. The van der Waals surface area contributed by atoms with E-state index >= 15 is 0 Å². The third kappa shape index (κ3) is 3.72. The summed E-state index contributed by atoms with van der Waals surface area (Å²) >= 11 is 0. The fourth-order valence-corrected chi connectivity index (χ4v) is 4.94. The van der Waals surface area contributed by atoms with Crippen LogP contribution in [-0.4, -0.2) is 52.2 Å². The molecule has 1 fully saturated rings. The Hall–Kier alpha value is -3.78. The molecule has 8 heteroatoms. The summed E-state index contributed by atoms with van der Waals surface area (Å²) in [5.74, 6) is -0.731. The first kappa shape index (κ1) is 21.1. The number of aliphatic hydroxyl groups is 1. The number of anilines is 2. The van der Waals surface area contributed by atoms with Gasteiger partial charge >= 0.3 is 6.03 Å². The molecule has 7 nitrogen and oxygen atoms in total. The fraction of sp³-hybridized carbons (Fsp3) is 0.240. The summed E-state index contributed by atoms with van der Waals surface area (Å²) in [4.78, 5) is 33.6. The molecule has 3 atom stereocenters. The number of aliphatic hydroxyl groups excluding tert-OH is 1. The Morgan fingerprint density at radius 3 is 2.64 bits per heavy atom. The average molecular weight is 446 g/mol. The molecule has 0 saturated carbocycles. The molecule has 0 spiro atoms.